The van der Waals surface area contributed by atoms with Gasteiger partial charge in [-0.05, 0) is 38.2 Å². The second kappa shape index (κ2) is 24.8. The molecule has 9 N–H and O–H groups in total. The molecule has 0 bridgehead atoms. The number of nitrogens with two attached hydrogens (primary N) is 1. The number of ketones is 6. The van der Waals surface area contributed by atoms with Crippen molar-refractivity contribution >= 4 is 52.4 Å². The van der Waals surface area contributed by atoms with E-state index in [1.807, 2.05) is 0 Å². The summed E-state index contributed by atoms with van der Waals surface area (Å²) in [5.41, 5.74) is 0.984. The second-order valence-electron chi connectivity index (χ2n) is 19.6. The third kappa shape index (κ3) is 13.4. The van der Waals surface area contributed by atoms with E-state index in [9.17, 15) is 68.7 Å². The Morgan fingerprint density at radius 2 is 1.58 bits per heavy atom. The minimum absolute atomic E-state index is 0.0135. The number of ether oxygens (including phenoxy) is 5. The Morgan fingerprint density at radius 3 is 2.21 bits per heavy atom. The number of hydrogen-bond donors (Lipinski definition) is 8. The number of fused-ring (bicyclic) bond motifs is 3. The number of phenols is 2. The van der Waals surface area contributed by atoms with E-state index in [0.717, 1.165) is 0 Å². The van der Waals surface area contributed by atoms with Crippen molar-refractivity contribution in [3.8, 4) is 17.2 Å². The zero-order valence-electron chi connectivity index (χ0n) is 42.0. The highest BCUT2D eigenvalue weighted by molar-refractivity contribution is 6.31. The molecule has 1 fully saturated rings. The van der Waals surface area contributed by atoms with E-state index in [-0.39, 0.29) is 85.2 Å². The van der Waals surface area contributed by atoms with Gasteiger partial charge in [-0.25, -0.2) is 0 Å². The van der Waals surface area contributed by atoms with Crippen molar-refractivity contribution in [3.05, 3.63) is 51.6 Å². The number of nitrogens with one attached hydrogen (secondary N) is 2. The fourth-order valence-corrected chi connectivity index (χ4v) is 9.62. The van der Waals surface area contributed by atoms with Crippen molar-refractivity contribution in [1.82, 2.24) is 10.6 Å². The van der Waals surface area contributed by atoms with Crippen LogP contribution in [0.3, 0.4) is 0 Å². The number of aromatic hydroxyl groups is 2. The maximum absolute atomic E-state index is 14.2. The summed E-state index contributed by atoms with van der Waals surface area (Å²) in [4.78, 5) is 120. The fraction of sp³-hybridized carbons (Fsp3) is 0.588. The lowest BCUT2D eigenvalue weighted by atomic mass is 9.72. The van der Waals surface area contributed by atoms with Gasteiger partial charge < -0.3 is 65.6 Å². The van der Waals surface area contributed by atoms with E-state index >= 15 is 0 Å². The van der Waals surface area contributed by atoms with Gasteiger partial charge in [-0.1, -0.05) is 32.9 Å². The number of Topliss-reactive ketones (excluding diaryl/α,β-unsaturated/α-hetero) is 4. The van der Waals surface area contributed by atoms with E-state index in [4.69, 9.17) is 29.4 Å². The number of amides is 3. The molecule has 3 aliphatic rings. The van der Waals surface area contributed by atoms with Crippen LogP contribution in [-0.2, 0) is 58.9 Å². The highest BCUT2D eigenvalue weighted by atomic mass is 16.7. The molecule has 1 unspecified atom stereocenters. The summed E-state index contributed by atoms with van der Waals surface area (Å²) >= 11 is 0. The first-order valence-corrected chi connectivity index (χ1v) is 24.1. The first-order chi connectivity index (χ1) is 34.4. The van der Waals surface area contributed by atoms with Crippen LogP contribution in [0.25, 0.3) is 0 Å². The second-order valence-corrected chi connectivity index (χ2v) is 19.6. The van der Waals surface area contributed by atoms with Crippen LogP contribution in [0.4, 0.5) is 0 Å². The van der Waals surface area contributed by atoms with Crippen LogP contribution in [0.5, 0.6) is 17.2 Å². The molecule has 0 saturated carbocycles. The number of methoxy groups -OCH3 is 2. The lowest BCUT2D eigenvalue weighted by molar-refractivity contribution is -0.257. The number of carbonyl (C=O) groups is 9. The Hall–Kier alpha value is -6.01. The monoisotopic (exact) mass is 1030 g/mol. The van der Waals surface area contributed by atoms with Crippen LogP contribution >= 0.6 is 0 Å². The number of hydrogen-bond acceptors (Lipinski definition) is 19. The van der Waals surface area contributed by atoms with Crippen LogP contribution in [0.1, 0.15) is 129 Å². The van der Waals surface area contributed by atoms with Crippen LogP contribution in [0.15, 0.2) is 18.2 Å². The molecule has 2 aromatic carbocycles. The molecule has 10 atom stereocenters. The van der Waals surface area contributed by atoms with E-state index < -0.39 is 162 Å². The molecule has 2 aliphatic carbocycles. The maximum atomic E-state index is 14.2. The Balaban J connectivity index is 1.34. The minimum Gasteiger partial charge on any atom is -0.507 e. The molecule has 1 heterocycles. The van der Waals surface area contributed by atoms with E-state index in [1.165, 1.54) is 53.2 Å². The van der Waals surface area contributed by atoms with E-state index in [2.05, 4.69) is 10.6 Å². The zero-order chi connectivity index (χ0) is 54.2. The van der Waals surface area contributed by atoms with Gasteiger partial charge >= 0.3 is 0 Å². The predicted octanol–water partition coefficient (Wildman–Crippen LogP) is 0.994. The maximum Gasteiger partial charge on any atom is 0.224 e. The molecule has 22 nitrogen and oxygen atoms in total. The molecular formula is C51H67N3O19. The smallest absolute Gasteiger partial charge is 0.224 e. The van der Waals surface area contributed by atoms with Crippen molar-refractivity contribution in [3.63, 3.8) is 0 Å². The molecule has 0 radical (unpaired) electrons. The van der Waals surface area contributed by atoms with Crippen LogP contribution in [0.2, 0.25) is 0 Å². The Labute approximate surface area is 421 Å². The number of carbonyl (C=O) groups excluding carboxylic acids is 9. The van der Waals surface area contributed by atoms with E-state index in [0.29, 0.717) is 0 Å². The molecule has 73 heavy (non-hydrogen) atoms. The summed E-state index contributed by atoms with van der Waals surface area (Å²) in [6.45, 7) is 7.03. The molecule has 0 aromatic heterocycles. The SMILES string of the molecule is COCCOCC(=O)C[C@@H](C)C(=O)N[C@@H](C)C(=O)C[C@@H](CC(N)=O)C(=O)NC(CC(C)C)C(=O)C[C@H]1C[C@H](O[C@H]2C[C@](O)(C(=O)CO)Cc3c(O)c4c(c(O)c32)C(=O)c2c(OC)cccc2C4=O)O[C@@H](C)[C@H]1O. The highest BCUT2D eigenvalue weighted by Crippen LogP contribution is 2.53. The summed E-state index contributed by atoms with van der Waals surface area (Å²) in [7, 11) is 2.76. The first kappa shape index (κ1) is 57.9. The molecular weight excluding hydrogens is 959 g/mol. The van der Waals surface area contributed by atoms with Gasteiger partial charge in [0.15, 0.2) is 35.2 Å². The molecule has 400 valence electrons. The van der Waals surface area contributed by atoms with Gasteiger partial charge in [0.2, 0.25) is 23.5 Å². The number of benzene rings is 2. The van der Waals surface area contributed by atoms with Crippen molar-refractivity contribution in [1.29, 1.82) is 0 Å². The first-order valence-electron chi connectivity index (χ1n) is 24.1. The van der Waals surface area contributed by atoms with Gasteiger partial charge in [0.1, 0.15) is 36.1 Å². The Kier molecular flexibility index (Phi) is 19.7. The lowest BCUT2D eigenvalue weighted by Gasteiger charge is -2.43. The summed E-state index contributed by atoms with van der Waals surface area (Å²) < 4.78 is 27.7. The van der Waals surface area contributed by atoms with Crippen molar-refractivity contribution in [2.45, 2.75) is 128 Å². The summed E-state index contributed by atoms with van der Waals surface area (Å²) in [6.07, 6.45) is -8.51. The molecule has 5 rings (SSSR count). The van der Waals surface area contributed by atoms with Crippen molar-refractivity contribution < 1.29 is 92.4 Å². The van der Waals surface area contributed by atoms with Gasteiger partial charge in [0.05, 0.1) is 73.3 Å². The van der Waals surface area contributed by atoms with Gasteiger partial charge in [-0.2, -0.15) is 0 Å². The summed E-state index contributed by atoms with van der Waals surface area (Å²) in [5, 5.41) is 61.8. The molecule has 22 heteroatoms. The molecule has 3 amide bonds. The van der Waals surface area contributed by atoms with Gasteiger partial charge in [0, 0.05) is 74.7 Å². The summed E-state index contributed by atoms with van der Waals surface area (Å²) in [5.74, 6) is -11.7. The quantitative estimate of drug-likeness (QED) is 0.0411. The van der Waals surface area contributed by atoms with Crippen LogP contribution < -0.4 is 21.1 Å². The highest BCUT2D eigenvalue weighted by Gasteiger charge is 2.50. The lowest BCUT2D eigenvalue weighted by Crippen LogP contribution is -2.50. The normalized spacial score (nSPS) is 23.0. The number of rotatable bonds is 26. The number of phenolic OH excluding ortho intramolecular Hbond substituents is 2. The zero-order valence-corrected chi connectivity index (χ0v) is 42.0. The van der Waals surface area contributed by atoms with Crippen molar-refractivity contribution in [2.75, 3.05) is 40.6 Å². The van der Waals surface area contributed by atoms with Crippen LogP contribution in [-0.4, -0.2) is 155 Å². The van der Waals surface area contributed by atoms with Gasteiger partial charge in [0.25, 0.3) is 0 Å². The fourth-order valence-electron chi connectivity index (χ4n) is 9.62. The van der Waals surface area contributed by atoms with Crippen LogP contribution in [0, 0.1) is 23.7 Å². The predicted molar refractivity (Wildman–Crippen MR) is 254 cm³/mol. The number of aliphatic hydroxyl groups excluding tert-OH is 2. The molecule has 1 aliphatic heterocycles. The molecule has 2 aromatic rings. The Bertz CT molecular complexity index is 2470. The average Bonchev–Trinajstić information content (AvgIpc) is 3.33. The standard InChI is InChI=1S/C51H67N3O19/c1-23(2)13-32(54-50(67)28(17-38(52)60)16-33(57)25(4)53-49(66)24(3)14-29(56)22-71-12-11-69-6)34(58)15-27-18-39(72-26(5)44(27)61)73-36-20-51(68,37(59)21-55)19-31-41(36)48(65)43-42(46(31)63)45(62)30-9-8-10-35(70-7)40(30)47(43)64/h8-10,23-28,32,36,39,44,55,61,63,65,68H,11-22H2,1-7H3,(H2,52,60)(H,53,66)(H,54,67)/t24-,25+,26+,27+,28+,32?,36+,39+,44-,51+/m1/s1. The number of primary amides is 1. The third-order valence-electron chi connectivity index (χ3n) is 13.5. The minimum atomic E-state index is -2.44. The molecule has 1 saturated heterocycles. The van der Waals surface area contributed by atoms with Gasteiger partial charge in [-0.3, -0.25) is 43.2 Å². The largest absolute Gasteiger partial charge is 0.507 e. The van der Waals surface area contributed by atoms with Crippen molar-refractivity contribution in [2.24, 2.45) is 29.4 Å². The topological polar surface area (TPSA) is 351 Å². The van der Waals surface area contributed by atoms with Gasteiger partial charge in [-0.15, -0.1) is 0 Å². The number of aliphatic hydroxyl groups is 3. The average molecular weight is 1030 g/mol. The molecule has 0 spiro atoms. The summed E-state index contributed by atoms with van der Waals surface area (Å²) in [6, 6.07) is 1.86. The Morgan fingerprint density at radius 1 is 0.890 bits per heavy atom. The van der Waals surface area contributed by atoms with E-state index in [1.54, 1.807) is 13.8 Å². The third-order valence-corrected chi connectivity index (χ3v) is 13.5.